The first-order valence-corrected chi connectivity index (χ1v) is 9.85. The Morgan fingerprint density at radius 3 is 2.23 bits per heavy atom. The summed E-state index contributed by atoms with van der Waals surface area (Å²) >= 11 is 0. The molecule has 0 aromatic heterocycles. The number of rotatable bonds is 10. The molecule has 0 unspecified atom stereocenters. The van der Waals surface area contributed by atoms with Gasteiger partial charge in [-0.15, -0.1) is 0 Å². The summed E-state index contributed by atoms with van der Waals surface area (Å²) in [7, 11) is 4.60. The highest BCUT2D eigenvalue weighted by atomic mass is 16.5. The first kappa shape index (κ1) is 22.2. The van der Waals surface area contributed by atoms with Crippen LogP contribution in [0.15, 0.2) is 48.2 Å². The van der Waals surface area contributed by atoms with E-state index in [4.69, 9.17) is 18.9 Å². The van der Waals surface area contributed by atoms with Crippen molar-refractivity contribution in [2.75, 3.05) is 46.4 Å². The number of hydrogen-bond donors (Lipinski definition) is 1. The molecule has 1 heterocycles. The summed E-state index contributed by atoms with van der Waals surface area (Å²) < 4.78 is 21.2. The van der Waals surface area contributed by atoms with Crippen LogP contribution in [-0.2, 0) is 14.3 Å². The van der Waals surface area contributed by atoms with Gasteiger partial charge in [-0.25, -0.2) is 0 Å². The van der Waals surface area contributed by atoms with Crippen molar-refractivity contribution in [2.24, 2.45) is 0 Å². The molecule has 0 aliphatic carbocycles. The van der Waals surface area contributed by atoms with E-state index >= 15 is 0 Å². The van der Waals surface area contributed by atoms with E-state index in [-0.39, 0.29) is 30.3 Å². The van der Waals surface area contributed by atoms with Crippen molar-refractivity contribution >= 4 is 23.1 Å². The molecule has 164 valence electrons. The summed E-state index contributed by atoms with van der Waals surface area (Å²) in [6.07, 6.45) is 0. The van der Waals surface area contributed by atoms with Crippen LogP contribution in [0, 0.1) is 0 Å². The van der Waals surface area contributed by atoms with Gasteiger partial charge in [0.1, 0.15) is 22.9 Å². The van der Waals surface area contributed by atoms with E-state index in [9.17, 15) is 9.59 Å². The van der Waals surface area contributed by atoms with Gasteiger partial charge in [0.25, 0.3) is 11.8 Å². The molecule has 0 bridgehead atoms. The Kier molecular flexibility index (Phi) is 7.15. The Labute approximate surface area is 181 Å². The van der Waals surface area contributed by atoms with Crippen LogP contribution in [0.2, 0.25) is 0 Å². The van der Waals surface area contributed by atoms with Crippen LogP contribution in [0.25, 0.3) is 5.57 Å². The van der Waals surface area contributed by atoms with Crippen molar-refractivity contribution in [3.63, 3.8) is 0 Å². The minimum atomic E-state index is -0.427. The van der Waals surface area contributed by atoms with E-state index < -0.39 is 5.91 Å². The summed E-state index contributed by atoms with van der Waals surface area (Å²) in [6, 6.07) is 12.2. The third kappa shape index (κ3) is 4.64. The van der Waals surface area contributed by atoms with Crippen LogP contribution >= 0.6 is 0 Å². The molecule has 31 heavy (non-hydrogen) atoms. The predicted octanol–water partition coefficient (Wildman–Crippen LogP) is 2.94. The summed E-state index contributed by atoms with van der Waals surface area (Å²) in [4.78, 5) is 27.5. The van der Waals surface area contributed by atoms with Crippen molar-refractivity contribution in [3.8, 4) is 17.2 Å². The molecule has 0 saturated heterocycles. The van der Waals surface area contributed by atoms with Gasteiger partial charge in [-0.05, 0) is 36.8 Å². The van der Waals surface area contributed by atoms with Gasteiger partial charge in [0.05, 0.1) is 45.2 Å². The SMILES string of the molecule is CCOc1ccc(C2=C(Nc3ccc(OC)cc3OC)C(=O)N(CCOC)C2=O)cc1. The van der Waals surface area contributed by atoms with Gasteiger partial charge in [0.2, 0.25) is 0 Å². The van der Waals surface area contributed by atoms with Crippen molar-refractivity contribution in [1.29, 1.82) is 0 Å². The van der Waals surface area contributed by atoms with E-state index in [1.165, 1.54) is 19.1 Å². The highest BCUT2D eigenvalue weighted by Crippen LogP contribution is 2.35. The first-order valence-electron chi connectivity index (χ1n) is 9.85. The summed E-state index contributed by atoms with van der Waals surface area (Å²) in [5.74, 6) is 0.961. The minimum absolute atomic E-state index is 0.152. The average Bonchev–Trinajstić information content (AvgIpc) is 3.02. The fraction of sp³-hybridized carbons (Fsp3) is 0.304. The van der Waals surface area contributed by atoms with E-state index in [1.54, 1.807) is 49.6 Å². The number of nitrogens with zero attached hydrogens (tertiary/aromatic N) is 1. The van der Waals surface area contributed by atoms with E-state index in [1.807, 2.05) is 6.92 Å². The molecular weight excluding hydrogens is 400 g/mol. The van der Waals surface area contributed by atoms with Crippen molar-refractivity contribution < 1.29 is 28.5 Å². The normalized spacial score (nSPS) is 13.6. The lowest BCUT2D eigenvalue weighted by Gasteiger charge is -2.15. The fourth-order valence-corrected chi connectivity index (χ4v) is 3.27. The molecule has 8 heteroatoms. The van der Waals surface area contributed by atoms with E-state index in [2.05, 4.69) is 5.32 Å². The molecule has 0 atom stereocenters. The van der Waals surface area contributed by atoms with Crippen LogP contribution in [0.3, 0.4) is 0 Å². The molecule has 2 amide bonds. The third-order valence-electron chi connectivity index (χ3n) is 4.81. The van der Waals surface area contributed by atoms with Gasteiger partial charge < -0.3 is 24.3 Å². The topological polar surface area (TPSA) is 86.3 Å². The predicted molar refractivity (Wildman–Crippen MR) is 116 cm³/mol. The first-order chi connectivity index (χ1) is 15.0. The maximum Gasteiger partial charge on any atom is 0.278 e. The largest absolute Gasteiger partial charge is 0.497 e. The van der Waals surface area contributed by atoms with Gasteiger partial charge in [-0.3, -0.25) is 14.5 Å². The van der Waals surface area contributed by atoms with Gasteiger partial charge in [0.15, 0.2) is 0 Å². The zero-order valence-electron chi connectivity index (χ0n) is 18.1. The van der Waals surface area contributed by atoms with Crippen LogP contribution in [0.4, 0.5) is 5.69 Å². The molecule has 1 N–H and O–H groups in total. The Bertz CT molecular complexity index is 984. The number of amides is 2. The molecule has 8 nitrogen and oxygen atoms in total. The van der Waals surface area contributed by atoms with Crippen molar-refractivity contribution in [1.82, 2.24) is 4.90 Å². The lowest BCUT2D eigenvalue weighted by Crippen LogP contribution is -2.35. The van der Waals surface area contributed by atoms with Crippen molar-refractivity contribution in [2.45, 2.75) is 6.92 Å². The second-order valence-electron chi connectivity index (χ2n) is 6.65. The van der Waals surface area contributed by atoms with E-state index in [0.29, 0.717) is 35.1 Å². The number of anilines is 1. The van der Waals surface area contributed by atoms with Crippen LogP contribution in [-0.4, -0.2) is 57.8 Å². The highest BCUT2D eigenvalue weighted by Gasteiger charge is 2.39. The van der Waals surface area contributed by atoms with Gasteiger partial charge in [0, 0.05) is 13.2 Å². The molecule has 0 radical (unpaired) electrons. The number of ether oxygens (including phenoxy) is 4. The molecule has 0 spiro atoms. The van der Waals surface area contributed by atoms with Gasteiger partial charge >= 0.3 is 0 Å². The molecule has 1 aliphatic rings. The second kappa shape index (κ2) is 9.99. The minimum Gasteiger partial charge on any atom is -0.497 e. The summed E-state index contributed by atoms with van der Waals surface area (Å²) in [5, 5.41) is 3.10. The highest BCUT2D eigenvalue weighted by molar-refractivity contribution is 6.36. The molecule has 0 saturated carbocycles. The smallest absolute Gasteiger partial charge is 0.278 e. The summed E-state index contributed by atoms with van der Waals surface area (Å²) in [5.41, 5.74) is 1.60. The molecule has 0 fully saturated rings. The maximum absolute atomic E-state index is 13.2. The Morgan fingerprint density at radius 2 is 1.61 bits per heavy atom. The molecule has 1 aliphatic heterocycles. The Balaban J connectivity index is 2.04. The average molecular weight is 426 g/mol. The Morgan fingerprint density at radius 1 is 0.903 bits per heavy atom. The number of methoxy groups -OCH3 is 3. The number of carbonyl (C=O) groups excluding carboxylic acids is 2. The molecule has 3 rings (SSSR count). The molecule has 2 aromatic carbocycles. The fourth-order valence-electron chi connectivity index (χ4n) is 3.27. The Hall–Kier alpha value is -3.52. The van der Waals surface area contributed by atoms with Gasteiger partial charge in [-0.2, -0.15) is 0 Å². The quantitative estimate of drug-likeness (QED) is 0.585. The number of benzene rings is 2. The summed E-state index contributed by atoms with van der Waals surface area (Å²) in [6.45, 7) is 2.83. The monoisotopic (exact) mass is 426 g/mol. The van der Waals surface area contributed by atoms with Crippen LogP contribution in [0.5, 0.6) is 17.2 Å². The number of carbonyl (C=O) groups is 2. The zero-order chi connectivity index (χ0) is 22.4. The number of hydrogen-bond acceptors (Lipinski definition) is 7. The lowest BCUT2D eigenvalue weighted by atomic mass is 10.0. The number of imide groups is 1. The zero-order valence-corrected chi connectivity index (χ0v) is 18.1. The molecular formula is C23H26N2O6. The van der Waals surface area contributed by atoms with E-state index in [0.717, 1.165) is 0 Å². The molecule has 2 aromatic rings. The van der Waals surface area contributed by atoms with Crippen molar-refractivity contribution in [3.05, 3.63) is 53.7 Å². The maximum atomic E-state index is 13.2. The standard InChI is InChI=1S/C23H26N2O6/c1-5-31-16-8-6-15(7-9-16)20-21(23(27)25(22(20)26)12-13-28-2)24-18-11-10-17(29-3)14-19(18)30-4/h6-11,14,24H,5,12-13H2,1-4H3. The van der Waals surface area contributed by atoms with Crippen LogP contribution < -0.4 is 19.5 Å². The van der Waals surface area contributed by atoms with Gasteiger partial charge in [-0.1, -0.05) is 12.1 Å². The number of nitrogens with one attached hydrogen (secondary N) is 1. The second-order valence-corrected chi connectivity index (χ2v) is 6.65. The van der Waals surface area contributed by atoms with Crippen LogP contribution in [0.1, 0.15) is 12.5 Å². The third-order valence-corrected chi connectivity index (χ3v) is 4.81. The lowest BCUT2D eigenvalue weighted by molar-refractivity contribution is -0.137.